The normalized spacial score (nSPS) is 30.2. The van der Waals surface area contributed by atoms with Crippen LogP contribution in [0.5, 0.6) is 11.6 Å². The molecule has 13 heteroatoms. The van der Waals surface area contributed by atoms with Crippen molar-refractivity contribution in [2.45, 2.75) is 110 Å². The molecule has 3 fully saturated rings. The Labute approximate surface area is 291 Å². The zero-order chi connectivity index (χ0) is 35.3. The average molecular weight is 690 g/mol. The van der Waals surface area contributed by atoms with Crippen molar-refractivity contribution in [1.29, 1.82) is 0 Å². The van der Waals surface area contributed by atoms with Crippen molar-refractivity contribution >= 4 is 29.0 Å². The van der Waals surface area contributed by atoms with E-state index in [-0.39, 0.29) is 19.3 Å². The molecule has 268 valence electrons. The minimum Gasteiger partial charge on any atom is -0.484 e. The van der Waals surface area contributed by atoms with Gasteiger partial charge in [0.1, 0.15) is 41.5 Å². The summed E-state index contributed by atoms with van der Waals surface area (Å²) in [4.78, 5) is 55.7. The van der Waals surface area contributed by atoms with Crippen molar-refractivity contribution in [3.63, 3.8) is 0 Å². The molecule has 2 saturated carbocycles. The number of carbonyl (C=O) groups excluding carboxylic acids is 2. The SMILES string of the molecule is Cc1cnc(COc2ccc3nc4c(nc3c2)O[C@H]2CN(C(=O)[C@H](C(C)(C)C)NC(=O)O[C@@H]3CC5CC5[C@H]3CCCCC4)[C@H](C(=O)O)[C@@H]2C)o1. The van der Waals surface area contributed by atoms with Crippen LogP contribution >= 0.6 is 0 Å². The van der Waals surface area contributed by atoms with Gasteiger partial charge >= 0.3 is 12.1 Å². The molecule has 2 N–H and O–H groups in total. The first-order valence-electron chi connectivity index (χ1n) is 17.9. The highest BCUT2D eigenvalue weighted by Crippen LogP contribution is 2.57. The highest BCUT2D eigenvalue weighted by molar-refractivity contribution is 5.90. The van der Waals surface area contributed by atoms with Gasteiger partial charge in [0.05, 0.1) is 23.8 Å². The second-order valence-corrected chi connectivity index (χ2v) is 15.6. The predicted molar refractivity (Wildman–Crippen MR) is 180 cm³/mol. The van der Waals surface area contributed by atoms with Gasteiger partial charge in [-0.3, -0.25) is 4.79 Å². The van der Waals surface area contributed by atoms with Gasteiger partial charge in [-0.25, -0.2) is 24.5 Å². The number of alkyl carbamates (subject to hydrolysis) is 1. The molecule has 1 aromatic carbocycles. The molecular weight excluding hydrogens is 642 g/mol. The topological polar surface area (TPSA) is 166 Å². The molecule has 2 aliphatic heterocycles. The van der Waals surface area contributed by atoms with Crippen LogP contribution in [0.1, 0.15) is 83.6 Å². The van der Waals surface area contributed by atoms with Crippen LogP contribution in [0.2, 0.25) is 0 Å². The Morgan fingerprint density at radius 1 is 1.06 bits per heavy atom. The molecular formula is C37H47N5O8. The summed E-state index contributed by atoms with van der Waals surface area (Å²) >= 11 is 0. The summed E-state index contributed by atoms with van der Waals surface area (Å²) in [6.45, 7) is 9.29. The first kappa shape index (κ1) is 34.0. The summed E-state index contributed by atoms with van der Waals surface area (Å²) in [6, 6.07) is 3.29. The second-order valence-electron chi connectivity index (χ2n) is 15.6. The minimum atomic E-state index is -1.17. The summed E-state index contributed by atoms with van der Waals surface area (Å²) in [6.07, 6.45) is 6.58. The van der Waals surface area contributed by atoms with E-state index in [1.165, 1.54) is 11.3 Å². The molecule has 50 heavy (non-hydrogen) atoms. The van der Waals surface area contributed by atoms with Gasteiger partial charge in [0.25, 0.3) is 0 Å². The summed E-state index contributed by atoms with van der Waals surface area (Å²) in [7, 11) is 0. The summed E-state index contributed by atoms with van der Waals surface area (Å²) in [5.41, 5.74) is 1.21. The standard InChI is InChI=1S/C37H47N5O8/c1-19-16-38-30(48-19)18-47-22-11-12-25-27(15-22)40-33-26(39-25)10-8-6-7-9-23-24-13-21(24)14-28(23)50-36(46)41-32(37(3,4)5)34(43)42-17-29(49-33)20(2)31(42)35(44)45/h11-12,15-16,20-21,23-24,28-29,31-32H,6-10,13-14,17-18H2,1-5H3,(H,41,46)(H,44,45)/t20-,21?,23-,24?,28-,29+,31+,32-/m1/s1. The summed E-state index contributed by atoms with van der Waals surface area (Å²) in [5, 5.41) is 13.2. The van der Waals surface area contributed by atoms with Crippen molar-refractivity contribution in [3.8, 4) is 11.6 Å². The van der Waals surface area contributed by atoms with E-state index >= 15 is 0 Å². The van der Waals surface area contributed by atoms with Gasteiger partial charge in [-0.1, -0.05) is 40.5 Å². The Morgan fingerprint density at radius 2 is 1.88 bits per heavy atom. The molecule has 2 aliphatic carbocycles. The Kier molecular flexibility index (Phi) is 9.10. The molecule has 2 unspecified atom stereocenters. The van der Waals surface area contributed by atoms with Gasteiger partial charge in [0, 0.05) is 12.0 Å². The van der Waals surface area contributed by atoms with E-state index in [0.29, 0.717) is 64.2 Å². The molecule has 8 atom stereocenters. The molecule has 4 heterocycles. The van der Waals surface area contributed by atoms with Crippen molar-refractivity contribution < 1.29 is 38.1 Å². The molecule has 3 aromatic rings. The zero-order valence-corrected chi connectivity index (χ0v) is 29.4. The third-order valence-corrected chi connectivity index (χ3v) is 10.9. The molecule has 7 rings (SSSR count). The Bertz CT molecular complexity index is 1770. The molecule has 0 spiro atoms. The first-order valence-corrected chi connectivity index (χ1v) is 17.9. The van der Waals surface area contributed by atoms with E-state index in [0.717, 1.165) is 32.1 Å². The number of nitrogens with one attached hydrogen (secondary N) is 1. The van der Waals surface area contributed by atoms with Gasteiger partial charge in [-0.15, -0.1) is 0 Å². The Balaban J connectivity index is 1.20. The Morgan fingerprint density at radius 3 is 2.62 bits per heavy atom. The number of hydrogen-bond acceptors (Lipinski definition) is 10. The van der Waals surface area contributed by atoms with E-state index in [1.54, 1.807) is 19.2 Å². The number of aromatic nitrogens is 3. The first-order chi connectivity index (χ1) is 23.9. The fourth-order valence-electron chi connectivity index (χ4n) is 8.15. The molecule has 4 aliphatic rings. The van der Waals surface area contributed by atoms with Crippen molar-refractivity contribution in [3.05, 3.63) is 41.7 Å². The maximum atomic E-state index is 14.2. The number of aryl methyl sites for hydroxylation is 2. The molecule has 1 saturated heterocycles. The van der Waals surface area contributed by atoms with Crippen molar-refractivity contribution in [2.24, 2.45) is 29.1 Å². The molecule has 2 amide bonds. The lowest BCUT2D eigenvalue weighted by Crippen LogP contribution is -2.57. The van der Waals surface area contributed by atoms with Crippen LogP contribution in [-0.2, 0) is 27.4 Å². The third-order valence-electron chi connectivity index (χ3n) is 10.9. The number of amides is 2. The number of oxazole rings is 1. The van der Waals surface area contributed by atoms with Crippen LogP contribution in [0.4, 0.5) is 4.79 Å². The summed E-state index contributed by atoms with van der Waals surface area (Å²) < 4.78 is 24.0. The van der Waals surface area contributed by atoms with Crippen LogP contribution in [0, 0.1) is 36.0 Å². The van der Waals surface area contributed by atoms with Crippen LogP contribution in [0.15, 0.2) is 28.8 Å². The number of aliphatic carboxylic acids is 1. The predicted octanol–water partition coefficient (Wildman–Crippen LogP) is 5.47. The highest BCUT2D eigenvalue weighted by atomic mass is 16.6. The minimum absolute atomic E-state index is 0.00616. The number of carbonyl (C=O) groups is 3. The maximum Gasteiger partial charge on any atom is 0.408 e. The van der Waals surface area contributed by atoms with E-state index in [1.807, 2.05) is 39.8 Å². The van der Waals surface area contributed by atoms with Crippen LogP contribution in [-0.4, -0.2) is 73.8 Å². The van der Waals surface area contributed by atoms with Gasteiger partial charge in [-0.2, -0.15) is 0 Å². The number of nitrogens with zero attached hydrogens (tertiary/aromatic N) is 4. The lowest BCUT2D eigenvalue weighted by atomic mass is 9.85. The Hall–Kier alpha value is -4.42. The van der Waals surface area contributed by atoms with E-state index < -0.39 is 47.5 Å². The number of rotatable bonds is 4. The van der Waals surface area contributed by atoms with Gasteiger partial charge in [0.15, 0.2) is 6.61 Å². The number of carboxylic acid groups (broad SMARTS) is 1. The van der Waals surface area contributed by atoms with Gasteiger partial charge < -0.3 is 34.0 Å². The zero-order valence-electron chi connectivity index (χ0n) is 29.4. The van der Waals surface area contributed by atoms with E-state index in [9.17, 15) is 19.5 Å². The number of hydrogen-bond donors (Lipinski definition) is 2. The average Bonchev–Trinajstić information content (AvgIpc) is 3.36. The summed E-state index contributed by atoms with van der Waals surface area (Å²) in [5.74, 6) is 1.30. The monoisotopic (exact) mass is 689 g/mol. The molecule has 13 nitrogen and oxygen atoms in total. The molecule has 2 aromatic heterocycles. The van der Waals surface area contributed by atoms with Crippen LogP contribution in [0.25, 0.3) is 11.0 Å². The number of benzene rings is 1. The lowest BCUT2D eigenvalue weighted by molar-refractivity contribution is -0.151. The van der Waals surface area contributed by atoms with Crippen LogP contribution in [0.3, 0.4) is 0 Å². The largest absolute Gasteiger partial charge is 0.484 e. The lowest BCUT2D eigenvalue weighted by Gasteiger charge is -2.35. The third kappa shape index (κ3) is 6.96. The van der Waals surface area contributed by atoms with Crippen LogP contribution < -0.4 is 14.8 Å². The number of ether oxygens (including phenoxy) is 3. The smallest absolute Gasteiger partial charge is 0.408 e. The van der Waals surface area contributed by atoms with Gasteiger partial charge in [-0.05, 0) is 74.3 Å². The van der Waals surface area contributed by atoms with Crippen molar-refractivity contribution in [1.82, 2.24) is 25.2 Å². The second kappa shape index (κ2) is 13.4. The maximum absolute atomic E-state index is 14.2. The van der Waals surface area contributed by atoms with Crippen molar-refractivity contribution in [2.75, 3.05) is 6.54 Å². The quantitative estimate of drug-likeness (QED) is 0.357. The molecule has 2 bridgehead atoms. The number of fused-ring (bicyclic) bond motifs is 7. The van der Waals surface area contributed by atoms with E-state index in [2.05, 4.69) is 10.3 Å². The van der Waals surface area contributed by atoms with E-state index in [4.69, 9.17) is 28.6 Å². The van der Waals surface area contributed by atoms with Gasteiger partial charge in [0.2, 0.25) is 17.7 Å². The highest BCUT2D eigenvalue weighted by Gasteiger charge is 2.55. The molecule has 0 radical (unpaired) electrons. The fraction of sp³-hybridized carbons (Fsp3) is 0.622. The number of carboxylic acids is 1. The fourth-order valence-corrected chi connectivity index (χ4v) is 8.15.